The molecule has 154 valence electrons. The summed E-state index contributed by atoms with van der Waals surface area (Å²) in [7, 11) is -1.60. The van der Waals surface area contributed by atoms with Gasteiger partial charge in [-0.05, 0) is 66.1 Å². The molecule has 3 aromatic rings. The van der Waals surface area contributed by atoms with E-state index in [1.54, 1.807) is 58.3 Å². The number of rotatable bonds is 5. The van der Waals surface area contributed by atoms with Gasteiger partial charge in [0.1, 0.15) is 28.5 Å². The SMILES string of the molecule is O=C(NO)C1c2ccccc2CCN1S(=O)c1ccc(Oc2ccc(Cl)cc2)cc1. The first-order valence-electron chi connectivity index (χ1n) is 9.30. The van der Waals surface area contributed by atoms with Crippen LogP contribution in [0.1, 0.15) is 17.2 Å². The molecule has 0 aromatic heterocycles. The smallest absolute Gasteiger partial charge is 0.266 e. The Labute approximate surface area is 181 Å². The van der Waals surface area contributed by atoms with Crippen molar-refractivity contribution in [3.63, 3.8) is 0 Å². The molecule has 0 saturated carbocycles. The van der Waals surface area contributed by atoms with Crippen molar-refractivity contribution in [1.29, 1.82) is 0 Å². The van der Waals surface area contributed by atoms with Gasteiger partial charge in [0.05, 0.1) is 4.90 Å². The normalized spacial score (nSPS) is 17.1. The van der Waals surface area contributed by atoms with E-state index in [2.05, 4.69) is 0 Å². The first-order valence-corrected chi connectivity index (χ1v) is 10.8. The lowest BCUT2D eigenvalue weighted by Crippen LogP contribution is -2.44. The molecule has 3 aromatic carbocycles. The van der Waals surface area contributed by atoms with E-state index >= 15 is 0 Å². The maximum absolute atomic E-state index is 13.3. The lowest BCUT2D eigenvalue weighted by atomic mass is 9.94. The fraction of sp³-hybridized carbons (Fsp3) is 0.136. The molecule has 0 radical (unpaired) electrons. The van der Waals surface area contributed by atoms with Crippen LogP contribution in [0, 0.1) is 0 Å². The number of carbonyl (C=O) groups excluding carboxylic acids is 1. The summed E-state index contributed by atoms with van der Waals surface area (Å²) in [6.07, 6.45) is 0.662. The maximum atomic E-state index is 13.3. The summed E-state index contributed by atoms with van der Waals surface area (Å²) < 4.78 is 20.6. The van der Waals surface area contributed by atoms with Crippen LogP contribution < -0.4 is 10.2 Å². The zero-order chi connectivity index (χ0) is 21.1. The summed E-state index contributed by atoms with van der Waals surface area (Å²) in [5, 5.41) is 9.85. The third-order valence-electron chi connectivity index (χ3n) is 4.89. The van der Waals surface area contributed by atoms with Crippen LogP contribution in [0.4, 0.5) is 0 Å². The molecule has 0 saturated heterocycles. The summed E-state index contributed by atoms with van der Waals surface area (Å²) in [4.78, 5) is 12.9. The molecular formula is C22H19ClN2O4S. The standard InChI is InChI=1S/C22H19ClN2O4S/c23-16-5-7-17(8-6-16)29-18-9-11-19(12-10-18)30(28)25-14-13-15-3-1-2-4-20(15)21(25)22(26)24-27/h1-12,21,27H,13-14H2,(H,24,26). The second kappa shape index (κ2) is 8.97. The number of nitrogens with zero attached hydrogens (tertiary/aromatic N) is 1. The molecule has 0 fully saturated rings. The number of ether oxygens (including phenoxy) is 1. The molecule has 0 bridgehead atoms. The molecule has 0 spiro atoms. The van der Waals surface area contributed by atoms with Crippen LogP contribution >= 0.6 is 11.6 Å². The summed E-state index contributed by atoms with van der Waals surface area (Å²) in [6, 6.07) is 20.5. The van der Waals surface area contributed by atoms with Crippen LogP contribution in [-0.4, -0.2) is 26.2 Å². The molecule has 1 aliphatic rings. The van der Waals surface area contributed by atoms with Crippen LogP contribution in [0.3, 0.4) is 0 Å². The predicted octanol–water partition coefficient (Wildman–Crippen LogP) is 4.26. The van der Waals surface area contributed by atoms with Gasteiger partial charge < -0.3 is 4.74 Å². The first-order chi connectivity index (χ1) is 14.6. The molecule has 4 rings (SSSR count). The van der Waals surface area contributed by atoms with Gasteiger partial charge in [-0.25, -0.2) is 14.0 Å². The van der Waals surface area contributed by atoms with Crippen molar-refractivity contribution in [2.75, 3.05) is 6.54 Å². The van der Waals surface area contributed by atoms with Gasteiger partial charge >= 0.3 is 0 Å². The number of nitrogens with one attached hydrogen (secondary N) is 1. The van der Waals surface area contributed by atoms with Crippen molar-refractivity contribution < 1.29 is 18.9 Å². The summed E-state index contributed by atoms with van der Waals surface area (Å²) in [5.74, 6) is 0.616. The van der Waals surface area contributed by atoms with Gasteiger partial charge in [-0.3, -0.25) is 10.0 Å². The molecule has 30 heavy (non-hydrogen) atoms. The summed E-state index contributed by atoms with van der Waals surface area (Å²) in [6.45, 7) is 0.421. The van der Waals surface area contributed by atoms with E-state index in [0.717, 1.165) is 11.1 Å². The van der Waals surface area contributed by atoms with Crippen molar-refractivity contribution in [1.82, 2.24) is 9.79 Å². The number of hydroxylamine groups is 1. The van der Waals surface area contributed by atoms with Crippen molar-refractivity contribution in [2.45, 2.75) is 17.4 Å². The van der Waals surface area contributed by atoms with Gasteiger partial charge in [-0.15, -0.1) is 0 Å². The maximum Gasteiger partial charge on any atom is 0.266 e. The van der Waals surface area contributed by atoms with Gasteiger partial charge in [0.2, 0.25) is 0 Å². The number of carbonyl (C=O) groups is 1. The van der Waals surface area contributed by atoms with Crippen molar-refractivity contribution in [3.05, 3.63) is 88.9 Å². The van der Waals surface area contributed by atoms with E-state index < -0.39 is 22.9 Å². The molecule has 2 N–H and O–H groups in total. The number of benzene rings is 3. The monoisotopic (exact) mass is 442 g/mol. The summed E-state index contributed by atoms with van der Waals surface area (Å²) in [5.41, 5.74) is 3.46. The molecule has 8 heteroatoms. The Morgan fingerprint density at radius 3 is 2.33 bits per heavy atom. The largest absolute Gasteiger partial charge is 0.457 e. The Morgan fingerprint density at radius 1 is 1.03 bits per heavy atom. The molecular weight excluding hydrogens is 424 g/mol. The first kappa shape index (κ1) is 20.6. The Bertz CT molecular complexity index is 1070. The van der Waals surface area contributed by atoms with Gasteiger partial charge in [0, 0.05) is 11.6 Å². The van der Waals surface area contributed by atoms with E-state index in [1.165, 1.54) is 0 Å². The lowest BCUT2D eigenvalue weighted by molar-refractivity contribution is -0.133. The van der Waals surface area contributed by atoms with Crippen molar-refractivity contribution >= 4 is 28.5 Å². The van der Waals surface area contributed by atoms with Crippen molar-refractivity contribution in [3.8, 4) is 11.5 Å². The van der Waals surface area contributed by atoms with Gasteiger partial charge in [-0.1, -0.05) is 35.9 Å². The van der Waals surface area contributed by atoms with E-state index in [0.29, 0.717) is 34.4 Å². The molecule has 1 amide bonds. The lowest BCUT2D eigenvalue weighted by Gasteiger charge is -2.34. The third-order valence-corrected chi connectivity index (χ3v) is 6.63. The number of hydrogen-bond acceptors (Lipinski definition) is 4. The minimum atomic E-state index is -1.60. The quantitative estimate of drug-likeness (QED) is 0.457. The average molecular weight is 443 g/mol. The number of hydrogen-bond donors (Lipinski definition) is 2. The molecule has 0 aliphatic carbocycles. The Kier molecular flexibility index (Phi) is 6.15. The van der Waals surface area contributed by atoms with E-state index in [9.17, 15) is 14.2 Å². The fourth-order valence-electron chi connectivity index (χ4n) is 3.45. The van der Waals surface area contributed by atoms with Crippen LogP contribution in [0.2, 0.25) is 5.02 Å². The predicted molar refractivity (Wildman–Crippen MR) is 114 cm³/mol. The Morgan fingerprint density at radius 2 is 1.67 bits per heavy atom. The number of fused-ring (bicyclic) bond motifs is 1. The minimum Gasteiger partial charge on any atom is -0.457 e. The van der Waals surface area contributed by atoms with E-state index in [1.807, 2.05) is 24.3 Å². The summed E-state index contributed by atoms with van der Waals surface area (Å²) >= 11 is 5.88. The molecule has 1 aliphatic heterocycles. The Hall–Kier alpha value is -2.71. The van der Waals surface area contributed by atoms with Crippen molar-refractivity contribution in [2.24, 2.45) is 0 Å². The van der Waals surface area contributed by atoms with Gasteiger partial charge in [0.25, 0.3) is 5.91 Å². The van der Waals surface area contributed by atoms with Gasteiger partial charge in [-0.2, -0.15) is 0 Å². The zero-order valence-corrected chi connectivity index (χ0v) is 17.4. The second-order valence-corrected chi connectivity index (χ2v) is 8.62. The van der Waals surface area contributed by atoms with Crippen LogP contribution in [0.25, 0.3) is 0 Å². The minimum absolute atomic E-state index is 0.421. The zero-order valence-electron chi connectivity index (χ0n) is 15.8. The van der Waals surface area contributed by atoms with Crippen LogP contribution in [0.15, 0.2) is 77.7 Å². The molecule has 2 atom stereocenters. The van der Waals surface area contributed by atoms with Gasteiger partial charge in [0.15, 0.2) is 0 Å². The number of halogens is 1. The second-order valence-electron chi connectivity index (χ2n) is 6.74. The number of amides is 1. The highest BCUT2D eigenvalue weighted by atomic mass is 35.5. The fourth-order valence-corrected chi connectivity index (χ4v) is 4.88. The Balaban J connectivity index is 1.56. The molecule has 2 unspecified atom stereocenters. The van der Waals surface area contributed by atoms with Crippen LogP contribution in [0.5, 0.6) is 11.5 Å². The topological polar surface area (TPSA) is 78.9 Å². The van der Waals surface area contributed by atoms with Crippen LogP contribution in [-0.2, 0) is 22.2 Å². The highest BCUT2D eigenvalue weighted by molar-refractivity contribution is 7.82. The third kappa shape index (κ3) is 4.24. The van der Waals surface area contributed by atoms with E-state index in [-0.39, 0.29) is 0 Å². The average Bonchev–Trinajstić information content (AvgIpc) is 2.79. The highest BCUT2D eigenvalue weighted by Gasteiger charge is 2.36. The van der Waals surface area contributed by atoms with E-state index in [4.69, 9.17) is 16.3 Å². The highest BCUT2D eigenvalue weighted by Crippen LogP contribution is 2.33. The molecule has 1 heterocycles. The molecule has 6 nitrogen and oxygen atoms in total.